The van der Waals surface area contributed by atoms with Crippen LogP contribution < -0.4 is 5.32 Å². The lowest BCUT2D eigenvalue weighted by molar-refractivity contribution is 0.101. The molecule has 0 rings (SSSR count). The fourth-order valence-corrected chi connectivity index (χ4v) is 1.32. The molecule has 2 nitrogen and oxygen atoms in total. The second kappa shape index (κ2) is 7.50. The van der Waals surface area contributed by atoms with Gasteiger partial charge in [0.1, 0.15) is 6.67 Å². The Morgan fingerprint density at radius 3 is 2.33 bits per heavy atom. The maximum absolute atomic E-state index is 11.7. The van der Waals surface area contributed by atoms with Crippen molar-refractivity contribution < 1.29 is 9.50 Å². The van der Waals surface area contributed by atoms with Gasteiger partial charge in [-0.3, -0.25) is 0 Å². The number of hydrogen-bond donors (Lipinski definition) is 2. The van der Waals surface area contributed by atoms with E-state index in [4.69, 9.17) is 0 Å². The molecule has 2 N–H and O–H groups in total. The zero-order chi connectivity index (χ0) is 9.40. The van der Waals surface area contributed by atoms with Gasteiger partial charge in [-0.05, 0) is 5.92 Å². The third-order valence-corrected chi connectivity index (χ3v) is 2.22. The van der Waals surface area contributed by atoms with Gasteiger partial charge < -0.3 is 10.4 Å². The van der Waals surface area contributed by atoms with Crippen LogP contribution in [0.15, 0.2) is 0 Å². The first-order chi connectivity index (χ1) is 5.76. The number of aliphatic hydroxyl groups excluding tert-OH is 1. The van der Waals surface area contributed by atoms with Crippen LogP contribution in [0.5, 0.6) is 0 Å². The average molecular weight is 177 g/mol. The van der Waals surface area contributed by atoms with Crippen molar-refractivity contribution in [2.24, 2.45) is 5.92 Å². The lowest BCUT2D eigenvalue weighted by Gasteiger charge is -2.19. The van der Waals surface area contributed by atoms with E-state index in [2.05, 4.69) is 19.2 Å². The van der Waals surface area contributed by atoms with E-state index < -0.39 is 0 Å². The summed E-state index contributed by atoms with van der Waals surface area (Å²) >= 11 is 0. The van der Waals surface area contributed by atoms with E-state index in [1.54, 1.807) is 0 Å². The minimum atomic E-state index is -0.365. The highest BCUT2D eigenvalue weighted by Crippen LogP contribution is 2.11. The van der Waals surface area contributed by atoms with Gasteiger partial charge in [0.25, 0.3) is 0 Å². The van der Waals surface area contributed by atoms with Gasteiger partial charge in [-0.25, -0.2) is 4.39 Å². The Labute approximate surface area is 74.2 Å². The molecule has 0 radical (unpaired) electrons. The van der Waals surface area contributed by atoms with Crippen LogP contribution >= 0.6 is 0 Å². The minimum Gasteiger partial charge on any atom is -0.392 e. The van der Waals surface area contributed by atoms with Crippen molar-refractivity contribution in [3.05, 3.63) is 0 Å². The summed E-state index contributed by atoms with van der Waals surface area (Å²) in [5, 5.41) is 12.4. The Morgan fingerprint density at radius 1 is 1.33 bits per heavy atom. The van der Waals surface area contributed by atoms with Crippen LogP contribution in [0.3, 0.4) is 0 Å². The third kappa shape index (κ3) is 4.67. The Balaban J connectivity index is 3.47. The van der Waals surface area contributed by atoms with Crippen LogP contribution in [0, 0.1) is 5.92 Å². The van der Waals surface area contributed by atoms with Crippen LogP contribution in [0.4, 0.5) is 4.39 Å². The van der Waals surface area contributed by atoms with Crippen molar-refractivity contribution in [2.45, 2.75) is 32.8 Å². The third-order valence-electron chi connectivity index (χ3n) is 2.22. The molecule has 0 bridgehead atoms. The minimum absolute atomic E-state index is 0.327. The van der Waals surface area contributed by atoms with E-state index in [0.717, 1.165) is 12.8 Å². The standard InChI is InChI=1S/C9H20FNO/c1-3-8(4-2)9(12)7-11-6-5-10/h8-9,11-12H,3-7H2,1-2H3. The van der Waals surface area contributed by atoms with Crippen molar-refractivity contribution in [3.8, 4) is 0 Å². The topological polar surface area (TPSA) is 32.3 Å². The molecule has 0 fully saturated rings. The molecule has 0 spiro atoms. The number of halogens is 1. The number of alkyl halides is 1. The largest absolute Gasteiger partial charge is 0.392 e. The van der Waals surface area contributed by atoms with Crippen LogP contribution in [-0.2, 0) is 0 Å². The maximum atomic E-state index is 11.7. The number of aliphatic hydroxyl groups is 1. The molecule has 0 saturated carbocycles. The summed E-state index contributed by atoms with van der Waals surface area (Å²) < 4.78 is 11.7. The van der Waals surface area contributed by atoms with Crippen molar-refractivity contribution in [3.63, 3.8) is 0 Å². The van der Waals surface area contributed by atoms with E-state index in [1.807, 2.05) is 0 Å². The SMILES string of the molecule is CCC(CC)C(O)CNCCF. The highest BCUT2D eigenvalue weighted by atomic mass is 19.1. The summed E-state index contributed by atoms with van der Waals surface area (Å²) in [6.07, 6.45) is 1.63. The molecule has 0 amide bonds. The molecule has 0 aromatic heterocycles. The van der Waals surface area contributed by atoms with Gasteiger partial charge in [0.05, 0.1) is 6.10 Å². The molecule has 1 atom stereocenters. The summed E-state index contributed by atoms with van der Waals surface area (Å²) in [6, 6.07) is 0. The zero-order valence-electron chi connectivity index (χ0n) is 8.02. The van der Waals surface area contributed by atoms with Gasteiger partial charge >= 0.3 is 0 Å². The summed E-state index contributed by atoms with van der Waals surface area (Å²) in [7, 11) is 0. The van der Waals surface area contributed by atoms with Gasteiger partial charge in [0, 0.05) is 13.1 Å². The van der Waals surface area contributed by atoms with Gasteiger partial charge in [0.2, 0.25) is 0 Å². The summed E-state index contributed by atoms with van der Waals surface area (Å²) in [5.74, 6) is 0.345. The molecular formula is C9H20FNO. The maximum Gasteiger partial charge on any atom is 0.102 e. The monoisotopic (exact) mass is 177 g/mol. The molecule has 74 valence electrons. The van der Waals surface area contributed by atoms with E-state index in [-0.39, 0.29) is 12.8 Å². The molecule has 3 heteroatoms. The summed E-state index contributed by atoms with van der Waals surface area (Å²) in [5.41, 5.74) is 0. The normalized spacial score (nSPS) is 13.8. The smallest absolute Gasteiger partial charge is 0.102 e. The Morgan fingerprint density at radius 2 is 1.92 bits per heavy atom. The van der Waals surface area contributed by atoms with Gasteiger partial charge in [0.15, 0.2) is 0 Å². The van der Waals surface area contributed by atoms with E-state index >= 15 is 0 Å². The quantitative estimate of drug-likeness (QED) is 0.575. The van der Waals surface area contributed by atoms with Gasteiger partial charge in [-0.15, -0.1) is 0 Å². The van der Waals surface area contributed by atoms with E-state index in [0.29, 0.717) is 19.0 Å². The van der Waals surface area contributed by atoms with Gasteiger partial charge in [-0.2, -0.15) is 0 Å². The molecule has 0 heterocycles. The first-order valence-corrected chi connectivity index (χ1v) is 4.70. The highest BCUT2D eigenvalue weighted by molar-refractivity contribution is 4.68. The molecule has 0 aliphatic carbocycles. The van der Waals surface area contributed by atoms with Gasteiger partial charge in [-0.1, -0.05) is 26.7 Å². The highest BCUT2D eigenvalue weighted by Gasteiger charge is 2.14. The zero-order valence-corrected chi connectivity index (χ0v) is 8.02. The van der Waals surface area contributed by atoms with Crippen LogP contribution in [0.2, 0.25) is 0 Å². The molecule has 0 aliphatic rings. The first kappa shape index (κ1) is 11.8. The molecule has 0 aromatic rings. The molecule has 12 heavy (non-hydrogen) atoms. The van der Waals surface area contributed by atoms with E-state index in [9.17, 15) is 9.50 Å². The second-order valence-electron chi connectivity index (χ2n) is 3.04. The Bertz CT molecular complexity index is 96.5. The van der Waals surface area contributed by atoms with Crippen molar-refractivity contribution in [1.29, 1.82) is 0 Å². The predicted octanol–water partition coefficient (Wildman–Crippen LogP) is 1.34. The van der Waals surface area contributed by atoms with Crippen molar-refractivity contribution in [2.75, 3.05) is 19.8 Å². The summed E-state index contributed by atoms with van der Waals surface area (Å²) in [4.78, 5) is 0. The van der Waals surface area contributed by atoms with E-state index in [1.165, 1.54) is 0 Å². The molecule has 1 unspecified atom stereocenters. The number of nitrogens with one attached hydrogen (secondary N) is 1. The summed E-state index contributed by atoms with van der Waals surface area (Å²) in [6.45, 7) is 4.61. The average Bonchev–Trinajstić information content (AvgIpc) is 2.07. The number of rotatable bonds is 7. The fraction of sp³-hybridized carbons (Fsp3) is 1.00. The number of hydrogen-bond acceptors (Lipinski definition) is 2. The van der Waals surface area contributed by atoms with Crippen LogP contribution in [0.25, 0.3) is 0 Å². The molecule has 0 saturated heterocycles. The molecule has 0 aliphatic heterocycles. The van der Waals surface area contributed by atoms with Crippen molar-refractivity contribution >= 4 is 0 Å². The van der Waals surface area contributed by atoms with Crippen LogP contribution in [-0.4, -0.2) is 31.0 Å². The predicted molar refractivity (Wildman–Crippen MR) is 48.9 cm³/mol. The second-order valence-corrected chi connectivity index (χ2v) is 3.04. The lowest BCUT2D eigenvalue weighted by atomic mass is 9.97. The molecule has 0 aromatic carbocycles. The Hall–Kier alpha value is -0.150. The van der Waals surface area contributed by atoms with Crippen LogP contribution in [0.1, 0.15) is 26.7 Å². The van der Waals surface area contributed by atoms with Crippen molar-refractivity contribution in [1.82, 2.24) is 5.32 Å². The fourth-order valence-electron chi connectivity index (χ4n) is 1.32. The lowest BCUT2D eigenvalue weighted by Crippen LogP contribution is -2.33. The Kier molecular flexibility index (Phi) is 7.40. The molecular weight excluding hydrogens is 157 g/mol. The first-order valence-electron chi connectivity index (χ1n) is 4.70.